The van der Waals surface area contributed by atoms with Gasteiger partial charge < -0.3 is 15.1 Å². The number of hydrogen-bond donors (Lipinski definition) is 2. The van der Waals surface area contributed by atoms with Crippen LogP contribution in [0.1, 0.15) is 63.1 Å². The van der Waals surface area contributed by atoms with Gasteiger partial charge in [0.1, 0.15) is 17.1 Å². The summed E-state index contributed by atoms with van der Waals surface area (Å²) in [6, 6.07) is 5.60. The predicted molar refractivity (Wildman–Crippen MR) is 136 cm³/mol. The summed E-state index contributed by atoms with van der Waals surface area (Å²) in [5, 5.41) is 0.879. The average Bonchev–Trinajstić information content (AvgIpc) is 3.22. The molecule has 0 radical (unpaired) electrons. The van der Waals surface area contributed by atoms with Crippen molar-refractivity contribution in [2.75, 3.05) is 17.2 Å². The van der Waals surface area contributed by atoms with Crippen LogP contribution in [0, 0.1) is 5.92 Å². The standard InChI is InChI=1S/C26H34N4O4/c1-4-5-10-30-24(27)23(25(32)28-26(30)33)29(11-9-16(2)3)15-19-14-22(31)34-21-13-18-8-6-7-17(18)12-20(19)21/h12-14,16H,4-11,15,27H2,1-3H3,(H,28,32,33). The summed E-state index contributed by atoms with van der Waals surface area (Å²) in [5.74, 6) is 0.564. The summed E-state index contributed by atoms with van der Waals surface area (Å²) in [5.41, 5.74) is 9.15. The Balaban J connectivity index is 1.83. The fourth-order valence-electron chi connectivity index (χ4n) is 4.74. The molecule has 0 saturated carbocycles. The van der Waals surface area contributed by atoms with E-state index in [0.717, 1.165) is 49.5 Å². The lowest BCUT2D eigenvalue weighted by atomic mass is 10.0. The number of H-pyrrole nitrogens is 1. The molecule has 1 aliphatic rings. The fraction of sp³-hybridized carbons (Fsp3) is 0.500. The lowest BCUT2D eigenvalue weighted by Gasteiger charge is -2.27. The molecule has 3 aromatic rings. The molecule has 0 aliphatic heterocycles. The van der Waals surface area contributed by atoms with Gasteiger partial charge in [-0.3, -0.25) is 14.3 Å². The first-order valence-corrected chi connectivity index (χ1v) is 12.2. The lowest BCUT2D eigenvalue weighted by Crippen LogP contribution is -2.39. The normalized spacial score (nSPS) is 13.1. The number of anilines is 2. The number of aryl methyl sites for hydroxylation is 2. The molecule has 0 unspecified atom stereocenters. The molecule has 1 aromatic carbocycles. The van der Waals surface area contributed by atoms with Crippen molar-refractivity contribution in [2.24, 2.45) is 5.92 Å². The van der Waals surface area contributed by atoms with E-state index in [0.29, 0.717) is 31.1 Å². The molecule has 8 nitrogen and oxygen atoms in total. The van der Waals surface area contributed by atoms with E-state index in [1.807, 2.05) is 17.9 Å². The first-order valence-electron chi connectivity index (χ1n) is 12.2. The van der Waals surface area contributed by atoms with Crippen molar-refractivity contribution < 1.29 is 4.42 Å². The molecule has 0 bridgehead atoms. The number of nitrogen functional groups attached to an aromatic ring is 1. The van der Waals surface area contributed by atoms with Crippen molar-refractivity contribution in [3.05, 3.63) is 66.1 Å². The second kappa shape index (κ2) is 9.91. The van der Waals surface area contributed by atoms with Crippen molar-refractivity contribution in [2.45, 2.75) is 72.4 Å². The maximum absolute atomic E-state index is 13.0. The predicted octanol–water partition coefficient (Wildman–Crippen LogP) is 3.57. The number of nitrogens with zero attached hydrogens (tertiary/aromatic N) is 2. The first kappa shape index (κ1) is 23.9. The minimum Gasteiger partial charge on any atom is -0.423 e. The Labute approximate surface area is 198 Å². The zero-order chi connectivity index (χ0) is 24.4. The van der Waals surface area contributed by atoms with E-state index in [1.165, 1.54) is 21.8 Å². The third-order valence-corrected chi connectivity index (χ3v) is 6.65. The van der Waals surface area contributed by atoms with Crippen LogP contribution in [0.3, 0.4) is 0 Å². The van der Waals surface area contributed by atoms with E-state index in [9.17, 15) is 14.4 Å². The van der Waals surface area contributed by atoms with Crippen molar-refractivity contribution >= 4 is 22.5 Å². The molecule has 0 fully saturated rings. The highest BCUT2D eigenvalue weighted by molar-refractivity contribution is 5.82. The minimum atomic E-state index is -0.507. The third-order valence-electron chi connectivity index (χ3n) is 6.65. The maximum Gasteiger partial charge on any atom is 0.336 e. The number of nitrogens with one attached hydrogen (secondary N) is 1. The van der Waals surface area contributed by atoms with Gasteiger partial charge in [-0.15, -0.1) is 0 Å². The molecule has 0 saturated heterocycles. The monoisotopic (exact) mass is 466 g/mol. The van der Waals surface area contributed by atoms with Gasteiger partial charge in [0.05, 0.1) is 0 Å². The van der Waals surface area contributed by atoms with Crippen molar-refractivity contribution in [3.63, 3.8) is 0 Å². The summed E-state index contributed by atoms with van der Waals surface area (Å²) in [7, 11) is 0. The molecule has 8 heteroatoms. The Morgan fingerprint density at radius 3 is 2.59 bits per heavy atom. The zero-order valence-electron chi connectivity index (χ0n) is 20.3. The smallest absolute Gasteiger partial charge is 0.336 e. The lowest BCUT2D eigenvalue weighted by molar-refractivity contribution is 0.552. The summed E-state index contributed by atoms with van der Waals surface area (Å²) in [6.45, 7) is 7.57. The van der Waals surface area contributed by atoms with Gasteiger partial charge in [-0.05, 0) is 66.8 Å². The van der Waals surface area contributed by atoms with Crippen molar-refractivity contribution in [1.29, 1.82) is 0 Å². The topological polar surface area (TPSA) is 114 Å². The number of unbranched alkanes of at least 4 members (excludes halogenated alkanes) is 1. The number of hydrogen-bond acceptors (Lipinski definition) is 6. The first-order chi connectivity index (χ1) is 16.3. The average molecular weight is 467 g/mol. The minimum absolute atomic E-state index is 0.166. The largest absolute Gasteiger partial charge is 0.423 e. The van der Waals surface area contributed by atoms with Gasteiger partial charge in [0.15, 0.2) is 0 Å². The van der Waals surface area contributed by atoms with Crippen LogP contribution in [0.5, 0.6) is 0 Å². The van der Waals surface area contributed by atoms with E-state index >= 15 is 0 Å². The third kappa shape index (κ3) is 4.81. The van der Waals surface area contributed by atoms with Crippen LogP contribution in [0.2, 0.25) is 0 Å². The molecule has 0 atom stereocenters. The zero-order valence-corrected chi connectivity index (χ0v) is 20.3. The van der Waals surface area contributed by atoms with E-state index in [4.69, 9.17) is 10.2 Å². The second-order valence-corrected chi connectivity index (χ2v) is 9.66. The number of aromatic nitrogens is 2. The quantitative estimate of drug-likeness (QED) is 0.466. The maximum atomic E-state index is 13.0. The van der Waals surface area contributed by atoms with E-state index < -0.39 is 16.9 Å². The van der Waals surface area contributed by atoms with Crippen LogP contribution in [-0.2, 0) is 25.9 Å². The van der Waals surface area contributed by atoms with Crippen LogP contribution in [0.25, 0.3) is 11.0 Å². The molecule has 0 amide bonds. The highest BCUT2D eigenvalue weighted by Gasteiger charge is 2.22. The molecule has 0 spiro atoms. The number of aromatic amines is 1. The summed E-state index contributed by atoms with van der Waals surface area (Å²) in [6.07, 6.45) is 5.59. The molecular formula is C26H34N4O4. The molecule has 182 valence electrons. The number of nitrogens with two attached hydrogens (primary N) is 1. The van der Waals surface area contributed by atoms with Crippen molar-refractivity contribution in [3.8, 4) is 0 Å². The molecular weight excluding hydrogens is 432 g/mol. The second-order valence-electron chi connectivity index (χ2n) is 9.66. The van der Waals surface area contributed by atoms with Gasteiger partial charge in [0.2, 0.25) is 0 Å². The Morgan fingerprint density at radius 1 is 1.15 bits per heavy atom. The Kier molecular flexibility index (Phi) is 6.95. The van der Waals surface area contributed by atoms with Gasteiger partial charge >= 0.3 is 11.3 Å². The molecule has 1 aliphatic carbocycles. The Bertz CT molecular complexity index is 1370. The van der Waals surface area contributed by atoms with Gasteiger partial charge in [-0.2, -0.15) is 0 Å². The Morgan fingerprint density at radius 2 is 1.88 bits per heavy atom. The molecule has 2 heterocycles. The van der Waals surface area contributed by atoms with E-state index in [1.54, 1.807) is 0 Å². The van der Waals surface area contributed by atoms with Gasteiger partial charge in [-0.25, -0.2) is 9.59 Å². The van der Waals surface area contributed by atoms with Crippen LogP contribution in [0.15, 0.2) is 37.0 Å². The highest BCUT2D eigenvalue weighted by atomic mass is 16.4. The SMILES string of the molecule is CCCCn1c(N)c(N(CCC(C)C)Cc2cc(=O)oc3cc4c(cc23)CCC4)c(=O)[nH]c1=O. The molecule has 2 aromatic heterocycles. The van der Waals surface area contributed by atoms with Gasteiger partial charge in [0, 0.05) is 31.1 Å². The van der Waals surface area contributed by atoms with Crippen LogP contribution in [-0.4, -0.2) is 16.1 Å². The Hall–Kier alpha value is -3.29. The number of benzene rings is 1. The number of rotatable bonds is 9. The molecule has 3 N–H and O–H groups in total. The highest BCUT2D eigenvalue weighted by Crippen LogP contribution is 2.30. The van der Waals surface area contributed by atoms with Gasteiger partial charge in [-0.1, -0.05) is 27.2 Å². The summed E-state index contributed by atoms with van der Waals surface area (Å²) in [4.78, 5) is 42.2. The summed E-state index contributed by atoms with van der Waals surface area (Å²) >= 11 is 0. The van der Waals surface area contributed by atoms with Crippen LogP contribution >= 0.6 is 0 Å². The van der Waals surface area contributed by atoms with Gasteiger partial charge in [0.25, 0.3) is 5.56 Å². The molecule has 4 rings (SSSR count). The van der Waals surface area contributed by atoms with E-state index in [2.05, 4.69) is 24.9 Å². The van der Waals surface area contributed by atoms with Crippen LogP contribution < -0.4 is 27.5 Å². The molecule has 34 heavy (non-hydrogen) atoms. The summed E-state index contributed by atoms with van der Waals surface area (Å²) < 4.78 is 6.96. The van der Waals surface area contributed by atoms with Crippen molar-refractivity contribution in [1.82, 2.24) is 9.55 Å². The fourth-order valence-corrected chi connectivity index (χ4v) is 4.74. The number of fused-ring (bicyclic) bond motifs is 2. The van der Waals surface area contributed by atoms with E-state index in [-0.39, 0.29) is 11.5 Å². The van der Waals surface area contributed by atoms with Crippen LogP contribution in [0.4, 0.5) is 11.5 Å².